The van der Waals surface area contributed by atoms with Gasteiger partial charge in [0.25, 0.3) is 0 Å². The predicted molar refractivity (Wildman–Crippen MR) is 64.0 cm³/mol. The van der Waals surface area contributed by atoms with Gasteiger partial charge in [-0.2, -0.15) is 38.5 Å². The third kappa shape index (κ3) is 6.69. The van der Waals surface area contributed by atoms with Crippen molar-refractivity contribution in [3.63, 3.8) is 0 Å². The first kappa shape index (κ1) is 15.6. The van der Waals surface area contributed by atoms with Gasteiger partial charge in [0.05, 0.1) is 0 Å². The topological polar surface area (TPSA) is 0 Å². The maximum Gasteiger partial charge on any atom is 2.00 e. The molecule has 0 unspecified atom stereocenters. The Morgan fingerprint density at radius 2 is 0.933 bits per heavy atom. The van der Waals surface area contributed by atoms with Crippen molar-refractivity contribution in [2.75, 3.05) is 0 Å². The second kappa shape index (κ2) is 9.79. The van der Waals surface area contributed by atoms with Gasteiger partial charge in [-0.15, -0.1) is 0 Å². The number of rotatable bonds is 2. The fourth-order valence-electron chi connectivity index (χ4n) is 2.46. The predicted octanol–water partition coefficient (Wildman–Crippen LogP) is 5.09. The van der Waals surface area contributed by atoms with Crippen LogP contribution in [0.25, 0.3) is 0 Å². The summed E-state index contributed by atoms with van der Waals surface area (Å²) in [4.78, 5) is 0. The molecule has 1 radical (unpaired) electrons. The minimum atomic E-state index is 0. The van der Waals surface area contributed by atoms with Crippen LogP contribution in [0.3, 0.4) is 0 Å². The van der Waals surface area contributed by atoms with E-state index in [4.69, 9.17) is 0 Å². The maximum atomic E-state index is 2.26. The van der Waals surface area contributed by atoms with E-state index in [1.165, 1.54) is 64.2 Å². The van der Waals surface area contributed by atoms with Gasteiger partial charge in [-0.25, -0.2) is 0 Å². The summed E-state index contributed by atoms with van der Waals surface area (Å²) >= 11 is 0. The van der Waals surface area contributed by atoms with Crippen molar-refractivity contribution in [1.82, 2.24) is 0 Å². The van der Waals surface area contributed by atoms with Crippen LogP contribution in [-0.2, 0) is 18.6 Å². The molecule has 2 rings (SSSR count). The fourth-order valence-corrected chi connectivity index (χ4v) is 2.46. The molecule has 0 aromatic rings. The van der Waals surface area contributed by atoms with Crippen molar-refractivity contribution in [3.05, 3.63) is 11.8 Å². The van der Waals surface area contributed by atoms with E-state index in [1.807, 2.05) is 0 Å². The molecule has 0 bridgehead atoms. The summed E-state index contributed by atoms with van der Waals surface area (Å²) in [6, 6.07) is 0. The summed E-state index contributed by atoms with van der Waals surface area (Å²) in [6.07, 6.45) is 14.2. The van der Waals surface area contributed by atoms with Crippen LogP contribution in [0, 0.1) is 11.8 Å². The Balaban J connectivity index is 0.000000245. The van der Waals surface area contributed by atoms with Crippen molar-refractivity contribution in [1.29, 1.82) is 0 Å². The molecule has 87 valence electrons. The van der Waals surface area contributed by atoms with Gasteiger partial charge in [0.2, 0.25) is 0 Å². The summed E-state index contributed by atoms with van der Waals surface area (Å²) in [5, 5.41) is 0. The molecule has 0 spiro atoms. The summed E-state index contributed by atoms with van der Waals surface area (Å²) < 4.78 is 0. The van der Waals surface area contributed by atoms with Crippen LogP contribution in [0.15, 0.2) is 0 Å². The van der Waals surface area contributed by atoms with Crippen LogP contribution >= 0.6 is 0 Å². The van der Waals surface area contributed by atoms with E-state index in [0.29, 0.717) is 0 Å². The molecule has 0 amide bonds. The molecule has 0 N–H and O–H groups in total. The molecular weight excluding hydrogens is 219 g/mol. The zero-order valence-corrected chi connectivity index (χ0v) is 11.9. The summed E-state index contributed by atoms with van der Waals surface area (Å²) in [6.45, 7) is 4.53. The van der Waals surface area contributed by atoms with Gasteiger partial charge < -0.3 is 11.8 Å². The van der Waals surface area contributed by atoms with Gasteiger partial charge in [0.15, 0.2) is 0 Å². The van der Waals surface area contributed by atoms with Crippen molar-refractivity contribution in [2.45, 2.75) is 78.1 Å². The smallest absolute Gasteiger partial charge is 0.314 e. The van der Waals surface area contributed by atoms with E-state index in [-0.39, 0.29) is 18.6 Å². The van der Waals surface area contributed by atoms with E-state index in [1.54, 1.807) is 11.8 Å². The van der Waals surface area contributed by atoms with Crippen LogP contribution in [-0.4, -0.2) is 0 Å². The molecule has 0 aromatic heterocycles. The second-order valence-electron chi connectivity index (χ2n) is 4.62. The summed E-state index contributed by atoms with van der Waals surface area (Å²) in [5.74, 6) is 3.58. The molecule has 2 aliphatic rings. The molecule has 15 heavy (non-hydrogen) atoms. The van der Waals surface area contributed by atoms with Crippen molar-refractivity contribution >= 4 is 0 Å². The van der Waals surface area contributed by atoms with Crippen molar-refractivity contribution < 1.29 is 18.6 Å². The first-order valence-electron chi connectivity index (χ1n) is 6.54. The molecule has 0 nitrogen and oxygen atoms in total. The molecule has 0 heterocycles. The average molecular weight is 245 g/mol. The van der Waals surface area contributed by atoms with Gasteiger partial charge in [0.1, 0.15) is 0 Å². The van der Waals surface area contributed by atoms with E-state index >= 15 is 0 Å². The van der Waals surface area contributed by atoms with E-state index in [0.717, 1.165) is 0 Å². The Kier molecular flexibility index (Phi) is 10.2. The Bertz CT molecular complexity index is 105. The summed E-state index contributed by atoms with van der Waals surface area (Å²) in [7, 11) is 0. The van der Waals surface area contributed by atoms with Crippen LogP contribution in [0.5, 0.6) is 0 Å². The molecular formula is C14H26V. The van der Waals surface area contributed by atoms with Crippen LogP contribution < -0.4 is 0 Å². The largest absolute Gasteiger partial charge is 2.00 e. The Hall–Kier alpha value is 0.584. The molecule has 2 aliphatic carbocycles. The van der Waals surface area contributed by atoms with Crippen LogP contribution in [0.2, 0.25) is 0 Å². The van der Waals surface area contributed by atoms with Crippen LogP contribution in [0.4, 0.5) is 0 Å². The molecule has 0 atom stereocenters. The van der Waals surface area contributed by atoms with Crippen molar-refractivity contribution in [3.8, 4) is 0 Å². The summed E-state index contributed by atoms with van der Waals surface area (Å²) in [5.41, 5.74) is 0. The number of hydrogen-bond acceptors (Lipinski definition) is 0. The van der Waals surface area contributed by atoms with Gasteiger partial charge >= 0.3 is 18.6 Å². The zero-order chi connectivity index (χ0) is 10.2. The van der Waals surface area contributed by atoms with Crippen molar-refractivity contribution in [2.24, 2.45) is 0 Å². The molecule has 1 heteroatoms. The molecule has 2 saturated carbocycles. The minimum Gasteiger partial charge on any atom is -0.314 e. The van der Waals surface area contributed by atoms with E-state index < -0.39 is 0 Å². The van der Waals surface area contributed by atoms with E-state index in [2.05, 4.69) is 13.8 Å². The quantitative estimate of drug-likeness (QED) is 0.594. The SMILES string of the molecule is CC[C-]1CCCC1.CC[C-]1CCCC1.[V+2]. The fraction of sp³-hybridized carbons (Fsp3) is 0.857. The molecule has 2 fully saturated rings. The zero-order valence-electron chi connectivity index (χ0n) is 10.5. The van der Waals surface area contributed by atoms with Gasteiger partial charge in [-0.3, -0.25) is 0 Å². The molecule has 0 aliphatic heterocycles. The normalized spacial score (nSPS) is 22.0. The van der Waals surface area contributed by atoms with E-state index in [9.17, 15) is 0 Å². The monoisotopic (exact) mass is 245 g/mol. The third-order valence-corrected chi connectivity index (χ3v) is 3.62. The second-order valence-corrected chi connectivity index (χ2v) is 4.62. The first-order chi connectivity index (χ1) is 6.86. The maximum absolute atomic E-state index is 2.26. The molecule has 0 saturated heterocycles. The number of hydrogen-bond donors (Lipinski definition) is 0. The average Bonchev–Trinajstić information content (AvgIpc) is 2.92. The standard InChI is InChI=1S/2C7H13.V/c2*1-2-7-5-3-4-6-7;/h2*2-6H2,1H3;/q2*-1;+2. The van der Waals surface area contributed by atoms with Crippen LogP contribution in [0.1, 0.15) is 78.1 Å². The minimum absolute atomic E-state index is 0. The van der Waals surface area contributed by atoms with Gasteiger partial charge in [-0.05, 0) is 0 Å². The Labute approximate surface area is 108 Å². The van der Waals surface area contributed by atoms with Gasteiger partial charge in [0, 0.05) is 0 Å². The molecule has 0 aromatic carbocycles. The third-order valence-electron chi connectivity index (χ3n) is 3.62. The Morgan fingerprint density at radius 1 is 0.667 bits per heavy atom. The first-order valence-corrected chi connectivity index (χ1v) is 6.54. The Morgan fingerprint density at radius 3 is 1.07 bits per heavy atom. The van der Waals surface area contributed by atoms with Gasteiger partial charge in [-0.1, -0.05) is 39.5 Å².